The zero-order valence-electron chi connectivity index (χ0n) is 26.2. The van der Waals surface area contributed by atoms with Crippen LogP contribution in [0.25, 0.3) is 0 Å². The summed E-state index contributed by atoms with van der Waals surface area (Å²) < 4.78 is 13.7. The summed E-state index contributed by atoms with van der Waals surface area (Å²) in [5.41, 5.74) is 3.07. The van der Waals surface area contributed by atoms with Gasteiger partial charge in [-0.25, -0.2) is 0 Å². The molecule has 0 aromatic rings. The van der Waals surface area contributed by atoms with Crippen molar-refractivity contribution < 1.29 is 13.6 Å². The van der Waals surface area contributed by atoms with E-state index in [1.165, 1.54) is 5.57 Å². The number of carbonyl (C=O) groups excluding carboxylic acids is 1. The van der Waals surface area contributed by atoms with Gasteiger partial charge in [-0.1, -0.05) is 93.0 Å². The second-order valence-electron chi connectivity index (χ2n) is 11.9. The average Bonchev–Trinajstić information content (AvgIpc) is 2.81. The summed E-state index contributed by atoms with van der Waals surface area (Å²) in [6, 6.07) is 3.38. The third kappa shape index (κ3) is 11.5. The van der Waals surface area contributed by atoms with Crippen LogP contribution in [0.3, 0.4) is 0 Å². The van der Waals surface area contributed by atoms with Crippen molar-refractivity contribution in [2.24, 2.45) is 0 Å². The summed E-state index contributed by atoms with van der Waals surface area (Å²) in [4.78, 5) is 13.0. The van der Waals surface area contributed by atoms with Gasteiger partial charge in [0.1, 0.15) is 5.78 Å². The molecule has 0 radical (unpaired) electrons. The van der Waals surface area contributed by atoms with Gasteiger partial charge in [0.2, 0.25) is 8.32 Å². The Kier molecular flexibility index (Phi) is 17.7. The van der Waals surface area contributed by atoms with Crippen LogP contribution in [0.1, 0.15) is 122 Å². The monoisotopic (exact) mass is 538 g/mol. The summed E-state index contributed by atoms with van der Waals surface area (Å²) >= 11 is 0. The van der Waals surface area contributed by atoms with Crippen LogP contribution in [0.4, 0.5) is 0 Å². The molecule has 0 fully saturated rings. The third-order valence-corrected chi connectivity index (χ3v) is 19.1. The van der Waals surface area contributed by atoms with Crippen LogP contribution in [-0.2, 0) is 13.6 Å². The molecule has 0 aliphatic rings. The minimum atomic E-state index is -1.91. The zero-order valence-corrected chi connectivity index (χ0v) is 28.2. The van der Waals surface area contributed by atoms with Crippen molar-refractivity contribution >= 4 is 22.4 Å². The third-order valence-electron chi connectivity index (χ3n) is 8.25. The van der Waals surface area contributed by atoms with E-state index in [-0.39, 0.29) is 12.2 Å². The summed E-state index contributed by atoms with van der Waals surface area (Å²) in [6.07, 6.45) is 11.7. The standard InChI is InChI=1S/C31H62O3Si2/c1-13-30(34-36(26(7)8,27(9)10)28(11)12)22-18-17-21-29(32)24-31(23-19-20-25(5)6)33-35(14-2,15-3)16-4/h18,20,22,26-28,30-31H,13-17,19,21,23-24H2,1-12H3/b22-18-/t30-,31+/m0/s1. The number of Topliss-reactive ketones (excluding diaryl/α,β-unsaturated/α-hetero) is 1. The van der Waals surface area contributed by atoms with Gasteiger partial charge >= 0.3 is 0 Å². The molecule has 0 N–H and O–H groups in total. The quantitative estimate of drug-likeness (QED) is 0.114. The number of ketones is 1. The van der Waals surface area contributed by atoms with Gasteiger partial charge in [-0.05, 0) is 74.3 Å². The van der Waals surface area contributed by atoms with Crippen LogP contribution >= 0.6 is 0 Å². The van der Waals surface area contributed by atoms with E-state index >= 15 is 0 Å². The lowest BCUT2D eigenvalue weighted by Gasteiger charge is -2.44. The van der Waals surface area contributed by atoms with Crippen molar-refractivity contribution in [2.45, 2.75) is 169 Å². The highest BCUT2D eigenvalue weighted by molar-refractivity contribution is 6.77. The molecule has 0 heterocycles. The fraction of sp³-hybridized carbons (Fsp3) is 0.839. The van der Waals surface area contributed by atoms with E-state index in [4.69, 9.17) is 8.85 Å². The molecule has 3 nitrogen and oxygen atoms in total. The molecule has 0 saturated carbocycles. The Morgan fingerprint density at radius 1 is 0.806 bits per heavy atom. The Hall–Kier alpha value is -0.496. The number of rotatable bonds is 20. The minimum Gasteiger partial charge on any atom is -0.413 e. The first-order chi connectivity index (χ1) is 16.8. The molecular weight excluding hydrogens is 477 g/mol. The lowest BCUT2D eigenvalue weighted by Crippen LogP contribution is -2.49. The van der Waals surface area contributed by atoms with Crippen molar-refractivity contribution in [2.75, 3.05) is 0 Å². The number of hydrogen-bond donors (Lipinski definition) is 0. The Morgan fingerprint density at radius 2 is 1.33 bits per heavy atom. The second kappa shape index (κ2) is 17.9. The SMILES string of the molecule is CC[C@@H](/C=C\CCC(=O)C[C@@H](CCC=C(C)C)O[Si](CC)(CC)CC)O[Si](C(C)C)(C(C)C)C(C)C. The predicted octanol–water partition coefficient (Wildman–Crippen LogP) is 10.4. The summed E-state index contributed by atoms with van der Waals surface area (Å²) in [5, 5.41) is 0. The topological polar surface area (TPSA) is 35.5 Å². The van der Waals surface area contributed by atoms with Gasteiger partial charge in [0.05, 0.1) is 12.2 Å². The Bertz CT molecular complexity index is 629. The highest BCUT2D eigenvalue weighted by Gasteiger charge is 2.46. The number of allylic oxidation sites excluding steroid dienone is 3. The highest BCUT2D eigenvalue weighted by Crippen LogP contribution is 2.43. The molecule has 0 aliphatic carbocycles. The van der Waals surface area contributed by atoms with E-state index in [0.29, 0.717) is 35.2 Å². The molecule has 0 aromatic heterocycles. The van der Waals surface area contributed by atoms with E-state index < -0.39 is 16.6 Å². The molecule has 212 valence electrons. The zero-order chi connectivity index (χ0) is 27.9. The van der Waals surface area contributed by atoms with E-state index in [1.807, 2.05) is 0 Å². The molecule has 0 aliphatic heterocycles. The lowest BCUT2D eigenvalue weighted by molar-refractivity contribution is -0.120. The minimum absolute atomic E-state index is 0.0602. The predicted molar refractivity (Wildman–Crippen MR) is 165 cm³/mol. The van der Waals surface area contributed by atoms with Crippen LogP contribution < -0.4 is 0 Å². The molecule has 5 heteroatoms. The van der Waals surface area contributed by atoms with Crippen molar-refractivity contribution in [3.05, 3.63) is 23.8 Å². The molecule has 0 spiro atoms. The van der Waals surface area contributed by atoms with Crippen molar-refractivity contribution in [1.82, 2.24) is 0 Å². The first-order valence-corrected chi connectivity index (χ1v) is 19.7. The van der Waals surface area contributed by atoms with Crippen LogP contribution in [0, 0.1) is 0 Å². The van der Waals surface area contributed by atoms with Crippen LogP contribution in [0.5, 0.6) is 0 Å². The molecular formula is C31H62O3Si2. The number of hydrogen-bond acceptors (Lipinski definition) is 3. The molecule has 0 rings (SSSR count). The van der Waals surface area contributed by atoms with Crippen LogP contribution in [-0.4, -0.2) is 34.6 Å². The molecule has 0 unspecified atom stereocenters. The van der Waals surface area contributed by atoms with Crippen molar-refractivity contribution in [3.63, 3.8) is 0 Å². The van der Waals surface area contributed by atoms with Gasteiger partial charge in [0.25, 0.3) is 0 Å². The average molecular weight is 539 g/mol. The molecule has 36 heavy (non-hydrogen) atoms. The fourth-order valence-electron chi connectivity index (χ4n) is 5.89. The van der Waals surface area contributed by atoms with Gasteiger partial charge in [-0.15, -0.1) is 0 Å². The fourth-order valence-corrected chi connectivity index (χ4v) is 14.4. The maximum atomic E-state index is 13.0. The first-order valence-electron chi connectivity index (χ1n) is 15.0. The molecule has 0 aromatic carbocycles. The highest BCUT2D eigenvalue weighted by atomic mass is 28.4. The smallest absolute Gasteiger partial charge is 0.201 e. The molecule has 0 bridgehead atoms. The van der Waals surface area contributed by atoms with Gasteiger partial charge in [-0.3, -0.25) is 4.79 Å². The van der Waals surface area contributed by atoms with E-state index in [1.54, 1.807) is 0 Å². The van der Waals surface area contributed by atoms with Crippen LogP contribution in [0.2, 0.25) is 34.8 Å². The van der Waals surface area contributed by atoms with Gasteiger partial charge in [0.15, 0.2) is 8.32 Å². The Balaban J connectivity index is 5.19. The van der Waals surface area contributed by atoms with E-state index in [0.717, 1.165) is 43.8 Å². The Morgan fingerprint density at radius 3 is 1.75 bits per heavy atom. The first kappa shape index (κ1) is 35.5. The Labute approximate surface area is 228 Å². The van der Waals surface area contributed by atoms with Crippen LogP contribution in [0.15, 0.2) is 23.8 Å². The summed E-state index contributed by atoms with van der Waals surface area (Å²) in [7, 11) is -3.64. The van der Waals surface area contributed by atoms with Crippen molar-refractivity contribution in [3.8, 4) is 0 Å². The summed E-state index contributed by atoms with van der Waals surface area (Å²) in [5.74, 6) is 0.331. The largest absolute Gasteiger partial charge is 0.413 e. The van der Waals surface area contributed by atoms with Crippen molar-refractivity contribution in [1.29, 1.82) is 0 Å². The second-order valence-corrected chi connectivity index (χ2v) is 22.1. The maximum Gasteiger partial charge on any atom is 0.201 e. The summed E-state index contributed by atoms with van der Waals surface area (Å²) in [6.45, 7) is 27.3. The number of carbonyl (C=O) groups is 1. The molecule has 2 atom stereocenters. The van der Waals surface area contributed by atoms with Gasteiger partial charge in [0, 0.05) is 12.8 Å². The lowest BCUT2D eigenvalue weighted by atomic mass is 10.0. The van der Waals surface area contributed by atoms with E-state index in [9.17, 15) is 4.79 Å². The normalized spacial score (nSPS) is 14.8. The molecule has 0 amide bonds. The van der Waals surface area contributed by atoms with E-state index in [2.05, 4.69) is 101 Å². The van der Waals surface area contributed by atoms with Gasteiger partial charge < -0.3 is 8.85 Å². The molecule has 0 saturated heterocycles. The maximum absolute atomic E-state index is 13.0. The van der Waals surface area contributed by atoms with Gasteiger partial charge in [-0.2, -0.15) is 0 Å².